The predicted octanol–water partition coefficient (Wildman–Crippen LogP) is 6.62. The maximum absolute atomic E-state index is 14.2. The van der Waals surface area contributed by atoms with Gasteiger partial charge < -0.3 is 19.6 Å². The van der Waals surface area contributed by atoms with E-state index in [-0.39, 0.29) is 23.9 Å². The molecule has 0 spiro atoms. The lowest BCUT2D eigenvalue weighted by Gasteiger charge is -2.42. The number of aromatic nitrogens is 1. The molecule has 5 rings (SSSR count). The summed E-state index contributed by atoms with van der Waals surface area (Å²) in [6, 6.07) is 16.6. The summed E-state index contributed by atoms with van der Waals surface area (Å²) >= 11 is 6.65. The largest absolute Gasteiger partial charge is 0.511 e. The van der Waals surface area contributed by atoms with Crippen molar-refractivity contribution in [3.05, 3.63) is 82.1 Å². The number of hydrogen-bond acceptors (Lipinski definition) is 5. The third kappa shape index (κ3) is 5.66. The van der Waals surface area contributed by atoms with Crippen LogP contribution in [0, 0.1) is 13.8 Å². The quantitative estimate of drug-likeness (QED) is 0.285. The molecule has 2 heterocycles. The summed E-state index contributed by atoms with van der Waals surface area (Å²) in [5, 5.41) is 9.59. The summed E-state index contributed by atoms with van der Waals surface area (Å²) in [5.74, 6) is 0.255. The van der Waals surface area contributed by atoms with Crippen LogP contribution in [-0.2, 0) is 6.42 Å². The topological polar surface area (TPSA) is 86.2 Å². The van der Waals surface area contributed by atoms with Crippen LogP contribution in [0.1, 0.15) is 47.8 Å². The number of nitrogens with zero attached hydrogens (tertiary/aromatic N) is 4. The monoisotopic (exact) mass is 548 g/mol. The highest BCUT2D eigenvalue weighted by Crippen LogP contribution is 2.39. The van der Waals surface area contributed by atoms with Gasteiger partial charge in [-0.2, -0.15) is 0 Å². The number of fused-ring (bicyclic) bond motifs is 1. The average Bonchev–Trinajstić information content (AvgIpc) is 3.32. The highest BCUT2D eigenvalue weighted by molar-refractivity contribution is 6.33. The van der Waals surface area contributed by atoms with Gasteiger partial charge in [-0.25, -0.2) is 9.59 Å². The highest BCUT2D eigenvalue weighted by Gasteiger charge is 2.36. The SMILES string of the molecule is Cc1cc(N2CCC(N(C(=O)N(C)C3CCc4ccc(OC(=O)O)cc43)c3ccccc3Cl)CC2)cc(C)n1. The number of para-hydroxylation sites is 1. The predicted molar refractivity (Wildman–Crippen MR) is 152 cm³/mol. The maximum atomic E-state index is 14.2. The van der Waals surface area contributed by atoms with Crippen LogP contribution in [-0.4, -0.2) is 53.4 Å². The van der Waals surface area contributed by atoms with Crippen molar-refractivity contribution in [2.24, 2.45) is 0 Å². The number of rotatable bonds is 5. The molecule has 0 saturated carbocycles. The molecule has 9 heteroatoms. The van der Waals surface area contributed by atoms with Crippen molar-refractivity contribution in [2.75, 3.05) is 29.9 Å². The van der Waals surface area contributed by atoms with Crippen LogP contribution in [0.15, 0.2) is 54.6 Å². The number of ether oxygens (including phenoxy) is 1. The molecular weight excluding hydrogens is 516 g/mol. The van der Waals surface area contributed by atoms with Gasteiger partial charge in [0.05, 0.1) is 16.8 Å². The maximum Gasteiger partial charge on any atom is 0.511 e. The molecule has 0 bridgehead atoms. The molecule has 1 aliphatic carbocycles. The molecule has 3 aromatic rings. The summed E-state index contributed by atoms with van der Waals surface area (Å²) in [4.78, 5) is 35.8. The van der Waals surface area contributed by atoms with E-state index in [1.165, 1.54) is 0 Å². The smallest absolute Gasteiger partial charge is 0.449 e. The van der Waals surface area contributed by atoms with E-state index in [9.17, 15) is 9.59 Å². The van der Waals surface area contributed by atoms with Gasteiger partial charge in [-0.05, 0) is 87.1 Å². The lowest BCUT2D eigenvalue weighted by molar-refractivity contribution is 0.144. The number of carboxylic acid groups (broad SMARTS) is 1. The zero-order valence-electron chi connectivity index (χ0n) is 22.4. The molecule has 1 unspecified atom stereocenters. The Morgan fingerprint density at radius 2 is 1.72 bits per heavy atom. The number of carbonyl (C=O) groups is 2. The second-order valence-corrected chi connectivity index (χ2v) is 10.7. The Kier molecular flexibility index (Phi) is 7.66. The zero-order chi connectivity index (χ0) is 27.7. The molecule has 1 fully saturated rings. The Labute approximate surface area is 233 Å². The Morgan fingerprint density at radius 1 is 1.03 bits per heavy atom. The fourth-order valence-corrected chi connectivity index (χ4v) is 6.14. The fourth-order valence-electron chi connectivity index (χ4n) is 5.91. The molecule has 2 aromatic carbocycles. The number of carbonyl (C=O) groups excluding carboxylic acids is 1. The summed E-state index contributed by atoms with van der Waals surface area (Å²) in [7, 11) is 1.81. The normalized spacial score (nSPS) is 17.0. The van der Waals surface area contributed by atoms with E-state index >= 15 is 0 Å². The number of amides is 2. The average molecular weight is 549 g/mol. The first kappa shape index (κ1) is 26.8. The lowest BCUT2D eigenvalue weighted by Crippen LogP contribution is -2.52. The number of anilines is 2. The van der Waals surface area contributed by atoms with Crippen molar-refractivity contribution in [3.8, 4) is 5.75 Å². The molecule has 1 saturated heterocycles. The molecule has 8 nitrogen and oxygen atoms in total. The Balaban J connectivity index is 1.40. The summed E-state index contributed by atoms with van der Waals surface area (Å²) in [6.07, 6.45) is 1.79. The Hall–Kier alpha value is -3.78. The molecule has 1 aliphatic heterocycles. The van der Waals surface area contributed by atoms with Crippen molar-refractivity contribution in [1.82, 2.24) is 9.88 Å². The molecule has 204 valence electrons. The van der Waals surface area contributed by atoms with Crippen molar-refractivity contribution in [1.29, 1.82) is 0 Å². The molecule has 1 N–H and O–H groups in total. The number of piperidine rings is 1. The summed E-state index contributed by atoms with van der Waals surface area (Å²) in [5.41, 5.74) is 5.87. The van der Waals surface area contributed by atoms with E-state index < -0.39 is 6.16 Å². The standard InChI is InChI=1S/C30H33ClN4O4/c1-19-16-23(17-20(2)32-19)34-14-12-22(13-15-34)35(28-7-5-4-6-26(28)31)29(36)33(3)27-11-9-21-8-10-24(18-25(21)27)39-30(37)38/h4-8,10,16-18,22,27H,9,11-15H2,1-3H3,(H,37,38). The number of benzene rings is 2. The van der Waals surface area contributed by atoms with Crippen LogP contribution in [0.25, 0.3) is 0 Å². The fraction of sp³-hybridized carbons (Fsp3) is 0.367. The Morgan fingerprint density at radius 3 is 2.38 bits per heavy atom. The summed E-state index contributed by atoms with van der Waals surface area (Å²) < 4.78 is 4.89. The van der Waals surface area contributed by atoms with E-state index in [4.69, 9.17) is 21.4 Å². The van der Waals surface area contributed by atoms with Gasteiger partial charge in [-0.3, -0.25) is 9.88 Å². The van der Waals surface area contributed by atoms with Gasteiger partial charge in [-0.15, -0.1) is 0 Å². The van der Waals surface area contributed by atoms with Gasteiger partial charge >= 0.3 is 12.2 Å². The van der Waals surface area contributed by atoms with Crippen LogP contribution < -0.4 is 14.5 Å². The highest BCUT2D eigenvalue weighted by atomic mass is 35.5. The molecule has 2 aliphatic rings. The van der Waals surface area contributed by atoms with E-state index in [1.54, 1.807) is 17.0 Å². The van der Waals surface area contributed by atoms with Crippen LogP contribution in [0.2, 0.25) is 5.02 Å². The first-order chi connectivity index (χ1) is 18.7. The first-order valence-corrected chi connectivity index (χ1v) is 13.6. The van der Waals surface area contributed by atoms with Crippen molar-refractivity contribution in [3.63, 3.8) is 0 Å². The van der Waals surface area contributed by atoms with Gasteiger partial charge in [0, 0.05) is 43.3 Å². The number of halogens is 1. The molecular formula is C30H33ClN4O4. The van der Waals surface area contributed by atoms with Crippen LogP contribution in [0.3, 0.4) is 0 Å². The van der Waals surface area contributed by atoms with Gasteiger partial charge in [0.2, 0.25) is 0 Å². The third-order valence-corrected chi connectivity index (χ3v) is 8.04. The lowest BCUT2D eigenvalue weighted by atomic mass is 10.0. The first-order valence-electron chi connectivity index (χ1n) is 13.3. The second kappa shape index (κ2) is 11.1. The number of pyridine rings is 1. The molecule has 0 radical (unpaired) electrons. The van der Waals surface area contributed by atoms with Gasteiger partial charge in [0.15, 0.2) is 0 Å². The van der Waals surface area contributed by atoms with Crippen LogP contribution in [0.5, 0.6) is 5.75 Å². The third-order valence-electron chi connectivity index (χ3n) is 7.72. The molecule has 39 heavy (non-hydrogen) atoms. The molecule has 2 amide bonds. The van der Waals surface area contributed by atoms with Gasteiger partial charge in [0.1, 0.15) is 5.75 Å². The van der Waals surface area contributed by atoms with Crippen LogP contribution in [0.4, 0.5) is 21.0 Å². The van der Waals surface area contributed by atoms with Crippen LogP contribution >= 0.6 is 11.6 Å². The van der Waals surface area contributed by atoms with E-state index in [1.807, 2.05) is 56.1 Å². The van der Waals surface area contributed by atoms with E-state index in [0.717, 1.165) is 67.0 Å². The minimum Gasteiger partial charge on any atom is -0.449 e. The Bertz CT molecular complexity index is 1370. The van der Waals surface area contributed by atoms with Gasteiger partial charge in [-0.1, -0.05) is 29.8 Å². The van der Waals surface area contributed by atoms with Crippen molar-refractivity contribution >= 4 is 35.2 Å². The van der Waals surface area contributed by atoms with E-state index in [2.05, 4.69) is 22.0 Å². The minimum atomic E-state index is -1.36. The minimum absolute atomic E-state index is 0.0253. The number of aryl methyl sites for hydroxylation is 3. The van der Waals surface area contributed by atoms with E-state index in [0.29, 0.717) is 10.7 Å². The van der Waals surface area contributed by atoms with Gasteiger partial charge in [0.25, 0.3) is 0 Å². The molecule has 1 aromatic heterocycles. The van der Waals surface area contributed by atoms with Crippen molar-refractivity contribution in [2.45, 2.75) is 51.6 Å². The number of urea groups is 1. The second-order valence-electron chi connectivity index (χ2n) is 10.3. The zero-order valence-corrected chi connectivity index (χ0v) is 23.2. The van der Waals surface area contributed by atoms with Crippen molar-refractivity contribution < 1.29 is 19.4 Å². The number of hydrogen-bond donors (Lipinski definition) is 1. The molecule has 1 atom stereocenters. The summed E-state index contributed by atoms with van der Waals surface area (Å²) in [6.45, 7) is 5.64.